The number of furan rings is 1. The summed E-state index contributed by atoms with van der Waals surface area (Å²) in [6, 6.07) is 17.0. The lowest BCUT2D eigenvalue weighted by Gasteiger charge is -2.12. The van der Waals surface area contributed by atoms with Crippen molar-refractivity contribution < 1.29 is 23.5 Å². The number of amides is 2. The van der Waals surface area contributed by atoms with E-state index in [9.17, 15) is 9.59 Å². The number of hydrogen-bond donors (Lipinski definition) is 2. The Morgan fingerprint density at radius 1 is 1.00 bits per heavy atom. The number of rotatable bonds is 9. The van der Waals surface area contributed by atoms with Crippen LogP contribution in [0.1, 0.15) is 30.0 Å². The van der Waals surface area contributed by atoms with E-state index in [1.807, 2.05) is 0 Å². The molecule has 0 unspecified atom stereocenters. The monoisotopic (exact) mass is 434 g/mol. The topological polar surface area (TPSA) is 89.8 Å². The average Bonchev–Trinajstić information content (AvgIpc) is 3.31. The molecule has 7 nitrogen and oxygen atoms in total. The summed E-state index contributed by atoms with van der Waals surface area (Å²) in [5, 5.41) is 5.43. The van der Waals surface area contributed by atoms with Gasteiger partial charge in [0.1, 0.15) is 23.0 Å². The van der Waals surface area contributed by atoms with Crippen molar-refractivity contribution in [2.75, 3.05) is 19.0 Å². The molecule has 0 saturated carbocycles. The summed E-state index contributed by atoms with van der Waals surface area (Å²) in [5.74, 6) is 1.27. The average molecular weight is 434 g/mol. The van der Waals surface area contributed by atoms with Crippen molar-refractivity contribution in [1.29, 1.82) is 0 Å². The molecule has 32 heavy (non-hydrogen) atoms. The van der Waals surface area contributed by atoms with Crippen molar-refractivity contribution in [2.24, 2.45) is 5.92 Å². The Kier molecular flexibility index (Phi) is 7.70. The molecular formula is C25H26N2O5. The SMILES string of the molecule is COc1ccc(NC(=O)C(=Cc2ccco2)NC(=O)c2ccc(OCC(C)C)cc2)cc1. The Labute approximate surface area is 187 Å². The van der Waals surface area contributed by atoms with E-state index in [1.165, 1.54) is 12.3 Å². The fourth-order valence-electron chi connectivity index (χ4n) is 2.71. The third-order valence-corrected chi connectivity index (χ3v) is 4.37. The van der Waals surface area contributed by atoms with Crippen molar-refractivity contribution in [1.82, 2.24) is 5.32 Å². The standard InChI is InChI=1S/C25H26N2O5/c1-17(2)16-32-21-10-6-18(7-11-21)24(28)27-23(15-22-5-4-14-31-22)25(29)26-19-8-12-20(30-3)13-9-19/h4-15,17H,16H2,1-3H3,(H,26,29)(H,27,28). The van der Waals surface area contributed by atoms with Gasteiger partial charge in [0.05, 0.1) is 20.0 Å². The normalized spacial score (nSPS) is 11.2. The van der Waals surface area contributed by atoms with Crippen LogP contribution in [-0.4, -0.2) is 25.5 Å². The van der Waals surface area contributed by atoms with Crippen molar-refractivity contribution in [3.05, 3.63) is 83.9 Å². The summed E-state index contributed by atoms with van der Waals surface area (Å²) in [4.78, 5) is 25.7. The van der Waals surface area contributed by atoms with E-state index in [4.69, 9.17) is 13.9 Å². The van der Waals surface area contributed by atoms with Crippen LogP contribution in [0.5, 0.6) is 11.5 Å². The van der Waals surface area contributed by atoms with Gasteiger partial charge in [-0.15, -0.1) is 0 Å². The van der Waals surface area contributed by atoms with Crippen LogP contribution in [0.15, 0.2) is 77.0 Å². The zero-order chi connectivity index (χ0) is 22.9. The maximum absolute atomic E-state index is 12.9. The lowest BCUT2D eigenvalue weighted by Crippen LogP contribution is -2.30. The van der Waals surface area contributed by atoms with Crippen LogP contribution < -0.4 is 20.1 Å². The molecule has 2 aromatic carbocycles. The van der Waals surface area contributed by atoms with Gasteiger partial charge in [-0.1, -0.05) is 13.8 Å². The predicted octanol–water partition coefficient (Wildman–Crippen LogP) is 4.73. The third-order valence-electron chi connectivity index (χ3n) is 4.37. The van der Waals surface area contributed by atoms with Gasteiger partial charge < -0.3 is 24.5 Å². The van der Waals surface area contributed by atoms with E-state index in [1.54, 1.807) is 67.8 Å². The first-order valence-corrected chi connectivity index (χ1v) is 10.2. The summed E-state index contributed by atoms with van der Waals surface area (Å²) in [6.45, 7) is 4.71. The maximum Gasteiger partial charge on any atom is 0.272 e. The first-order valence-electron chi connectivity index (χ1n) is 10.2. The zero-order valence-corrected chi connectivity index (χ0v) is 18.3. The molecule has 0 fully saturated rings. The van der Waals surface area contributed by atoms with E-state index in [2.05, 4.69) is 24.5 Å². The van der Waals surface area contributed by atoms with Crippen LogP contribution in [-0.2, 0) is 4.79 Å². The van der Waals surface area contributed by atoms with Gasteiger partial charge in [0, 0.05) is 17.3 Å². The fraction of sp³-hybridized carbons (Fsp3) is 0.200. The molecule has 0 aliphatic carbocycles. The molecule has 0 atom stereocenters. The van der Waals surface area contributed by atoms with Crippen LogP contribution in [0, 0.1) is 5.92 Å². The number of methoxy groups -OCH3 is 1. The number of carbonyl (C=O) groups is 2. The molecule has 1 aromatic heterocycles. The van der Waals surface area contributed by atoms with E-state index in [0.717, 1.165) is 0 Å². The predicted molar refractivity (Wildman–Crippen MR) is 123 cm³/mol. The van der Waals surface area contributed by atoms with Gasteiger partial charge in [-0.25, -0.2) is 0 Å². The second kappa shape index (κ2) is 10.9. The van der Waals surface area contributed by atoms with Crippen molar-refractivity contribution in [3.63, 3.8) is 0 Å². The highest BCUT2D eigenvalue weighted by Crippen LogP contribution is 2.17. The lowest BCUT2D eigenvalue weighted by atomic mass is 10.2. The zero-order valence-electron chi connectivity index (χ0n) is 18.3. The van der Waals surface area contributed by atoms with Crippen LogP contribution in [0.25, 0.3) is 6.08 Å². The van der Waals surface area contributed by atoms with E-state index in [-0.39, 0.29) is 5.70 Å². The van der Waals surface area contributed by atoms with Crippen LogP contribution in [0.3, 0.4) is 0 Å². The Morgan fingerprint density at radius 2 is 1.69 bits per heavy atom. The van der Waals surface area contributed by atoms with E-state index >= 15 is 0 Å². The highest BCUT2D eigenvalue weighted by molar-refractivity contribution is 6.10. The Morgan fingerprint density at radius 3 is 2.28 bits per heavy atom. The molecule has 0 spiro atoms. The summed E-state index contributed by atoms with van der Waals surface area (Å²) in [6.07, 6.45) is 2.96. The molecule has 0 bridgehead atoms. The number of benzene rings is 2. The van der Waals surface area contributed by atoms with Gasteiger partial charge in [0.25, 0.3) is 11.8 Å². The molecule has 0 aliphatic rings. The quantitative estimate of drug-likeness (QED) is 0.475. The second-order valence-electron chi connectivity index (χ2n) is 7.44. The third kappa shape index (κ3) is 6.50. The van der Waals surface area contributed by atoms with Gasteiger partial charge in [-0.2, -0.15) is 0 Å². The Hall–Kier alpha value is -4.00. The molecular weight excluding hydrogens is 408 g/mol. The molecule has 0 aliphatic heterocycles. The van der Waals surface area contributed by atoms with Gasteiger partial charge in [0.2, 0.25) is 0 Å². The van der Waals surface area contributed by atoms with Crippen molar-refractivity contribution in [2.45, 2.75) is 13.8 Å². The molecule has 7 heteroatoms. The number of ether oxygens (including phenoxy) is 2. The van der Waals surface area contributed by atoms with Gasteiger partial charge >= 0.3 is 0 Å². The first-order chi connectivity index (χ1) is 15.4. The summed E-state index contributed by atoms with van der Waals surface area (Å²) < 4.78 is 16.1. The lowest BCUT2D eigenvalue weighted by molar-refractivity contribution is -0.113. The minimum absolute atomic E-state index is 0.0425. The molecule has 0 radical (unpaired) electrons. The summed E-state index contributed by atoms with van der Waals surface area (Å²) in [7, 11) is 1.57. The van der Waals surface area contributed by atoms with Gasteiger partial charge in [0.15, 0.2) is 0 Å². The second-order valence-corrected chi connectivity index (χ2v) is 7.44. The summed E-state index contributed by atoms with van der Waals surface area (Å²) in [5.41, 5.74) is 0.993. The molecule has 2 N–H and O–H groups in total. The van der Waals surface area contributed by atoms with Crippen LogP contribution in [0.2, 0.25) is 0 Å². The minimum Gasteiger partial charge on any atom is -0.497 e. The van der Waals surface area contributed by atoms with E-state index < -0.39 is 11.8 Å². The number of carbonyl (C=O) groups excluding carboxylic acids is 2. The molecule has 1 heterocycles. The largest absolute Gasteiger partial charge is 0.497 e. The molecule has 166 valence electrons. The molecule has 0 saturated heterocycles. The number of nitrogens with one attached hydrogen (secondary N) is 2. The maximum atomic E-state index is 12.9. The van der Waals surface area contributed by atoms with Crippen LogP contribution >= 0.6 is 0 Å². The van der Waals surface area contributed by atoms with Crippen molar-refractivity contribution >= 4 is 23.6 Å². The van der Waals surface area contributed by atoms with E-state index in [0.29, 0.717) is 41.0 Å². The van der Waals surface area contributed by atoms with Crippen LogP contribution in [0.4, 0.5) is 5.69 Å². The Bertz CT molecular complexity index is 1050. The number of hydrogen-bond acceptors (Lipinski definition) is 5. The first kappa shape index (κ1) is 22.7. The Balaban J connectivity index is 1.74. The van der Waals surface area contributed by atoms with Gasteiger partial charge in [-0.3, -0.25) is 9.59 Å². The highest BCUT2D eigenvalue weighted by atomic mass is 16.5. The number of anilines is 1. The molecule has 3 aromatic rings. The van der Waals surface area contributed by atoms with Crippen molar-refractivity contribution in [3.8, 4) is 11.5 Å². The minimum atomic E-state index is -0.489. The van der Waals surface area contributed by atoms with Gasteiger partial charge in [-0.05, 0) is 66.6 Å². The fourth-order valence-corrected chi connectivity index (χ4v) is 2.71. The smallest absolute Gasteiger partial charge is 0.272 e. The highest BCUT2D eigenvalue weighted by Gasteiger charge is 2.16. The molecule has 2 amide bonds. The summed E-state index contributed by atoms with van der Waals surface area (Å²) >= 11 is 0. The molecule has 3 rings (SSSR count).